The van der Waals surface area contributed by atoms with Gasteiger partial charge in [-0.1, -0.05) is 18.5 Å². The first kappa shape index (κ1) is 26.9. The van der Waals surface area contributed by atoms with Crippen LogP contribution in [0.3, 0.4) is 0 Å². The van der Waals surface area contributed by atoms with E-state index >= 15 is 0 Å². The van der Waals surface area contributed by atoms with E-state index in [0.717, 1.165) is 85.2 Å². The molecule has 3 aliphatic rings. The van der Waals surface area contributed by atoms with Crippen molar-refractivity contribution in [3.05, 3.63) is 69.6 Å². The maximum Gasteiger partial charge on any atom is 0.230 e. The van der Waals surface area contributed by atoms with E-state index in [9.17, 15) is 4.79 Å². The zero-order valence-corrected chi connectivity index (χ0v) is 23.8. The summed E-state index contributed by atoms with van der Waals surface area (Å²) in [6.07, 6.45) is 8.67. The van der Waals surface area contributed by atoms with Crippen LogP contribution < -0.4 is 4.90 Å². The number of fused-ring (bicyclic) bond motifs is 1. The summed E-state index contributed by atoms with van der Waals surface area (Å²) >= 11 is 6.42. The monoisotopic (exact) mass is 534 g/mol. The molecule has 1 aromatic carbocycles. The number of carbonyl (C=O) groups excluding carboxylic acids is 1. The van der Waals surface area contributed by atoms with Crippen LogP contribution in [0.25, 0.3) is 0 Å². The SMILES string of the molecule is CC1=C(CN(C(=O)C(C)C2CC2)c2cnccc2C)N=C(N(C)CC2CCOC2)c2ccc(Cl)cc2CC1. The Kier molecular flexibility index (Phi) is 8.20. The Labute approximate surface area is 231 Å². The van der Waals surface area contributed by atoms with E-state index in [0.29, 0.717) is 18.4 Å². The summed E-state index contributed by atoms with van der Waals surface area (Å²) < 4.78 is 5.66. The topological polar surface area (TPSA) is 58.0 Å². The maximum atomic E-state index is 13.9. The molecule has 202 valence electrons. The Balaban J connectivity index is 1.55. The van der Waals surface area contributed by atoms with E-state index in [4.69, 9.17) is 21.3 Å². The number of halogens is 1. The standard InChI is InChI=1S/C31H39ClN4O2/c1-20-5-6-25-15-26(32)9-10-27(25)30(35(4)17-23-12-14-38-19-23)34-28(20)18-36(29-16-33-13-11-21(29)2)31(37)22(3)24-7-8-24/h9-11,13,15-16,22-24H,5-8,12,14,17-19H2,1-4H3. The van der Waals surface area contributed by atoms with Gasteiger partial charge in [-0.15, -0.1) is 0 Å². The number of carbonyl (C=O) groups is 1. The third-order valence-electron chi connectivity index (χ3n) is 8.32. The Bertz CT molecular complexity index is 1250. The summed E-state index contributed by atoms with van der Waals surface area (Å²) in [6.45, 7) is 9.18. The first-order chi connectivity index (χ1) is 18.3. The smallest absolute Gasteiger partial charge is 0.230 e. The predicted octanol–water partition coefficient (Wildman–Crippen LogP) is 6.06. The minimum Gasteiger partial charge on any atom is -0.381 e. The van der Waals surface area contributed by atoms with Crippen LogP contribution in [0.5, 0.6) is 0 Å². The molecule has 1 aliphatic carbocycles. The Hall–Kier alpha value is -2.70. The van der Waals surface area contributed by atoms with Crippen molar-refractivity contribution in [3.8, 4) is 0 Å². The van der Waals surface area contributed by atoms with Gasteiger partial charge in [-0.05, 0) is 92.8 Å². The van der Waals surface area contributed by atoms with Crippen molar-refractivity contribution in [2.45, 2.75) is 52.9 Å². The molecule has 3 heterocycles. The molecule has 2 atom stereocenters. The lowest BCUT2D eigenvalue weighted by atomic mass is 9.96. The number of amides is 1. The van der Waals surface area contributed by atoms with Crippen molar-refractivity contribution >= 4 is 29.0 Å². The van der Waals surface area contributed by atoms with Crippen molar-refractivity contribution in [1.29, 1.82) is 0 Å². The first-order valence-electron chi connectivity index (χ1n) is 13.9. The van der Waals surface area contributed by atoms with E-state index in [1.165, 1.54) is 11.1 Å². The molecule has 0 radical (unpaired) electrons. The molecule has 0 N–H and O–H groups in total. The lowest BCUT2D eigenvalue weighted by Gasteiger charge is -2.31. The molecule has 5 rings (SSSR count). The molecule has 1 saturated carbocycles. The Morgan fingerprint density at radius 1 is 1.18 bits per heavy atom. The highest BCUT2D eigenvalue weighted by molar-refractivity contribution is 6.30. The fourth-order valence-corrected chi connectivity index (χ4v) is 5.81. The maximum absolute atomic E-state index is 13.9. The summed E-state index contributed by atoms with van der Waals surface area (Å²) in [7, 11) is 2.12. The second-order valence-electron chi connectivity index (χ2n) is 11.3. The van der Waals surface area contributed by atoms with Crippen LogP contribution in [-0.4, -0.2) is 55.0 Å². The number of aliphatic imine (C=N–C) groups is 1. The van der Waals surface area contributed by atoms with Gasteiger partial charge in [0.1, 0.15) is 5.84 Å². The number of nitrogens with zero attached hydrogens (tertiary/aromatic N) is 4. The second kappa shape index (κ2) is 11.6. The number of amidine groups is 1. The first-order valence-corrected chi connectivity index (χ1v) is 14.3. The molecule has 1 aromatic heterocycles. The van der Waals surface area contributed by atoms with Crippen LogP contribution in [0.15, 0.2) is 52.9 Å². The number of anilines is 1. The van der Waals surface area contributed by atoms with E-state index in [1.807, 2.05) is 30.2 Å². The van der Waals surface area contributed by atoms with Crippen LogP contribution in [0.4, 0.5) is 5.69 Å². The Morgan fingerprint density at radius 2 is 2.00 bits per heavy atom. The van der Waals surface area contributed by atoms with Crippen LogP contribution in [0.1, 0.15) is 56.2 Å². The zero-order chi connectivity index (χ0) is 26.8. The van der Waals surface area contributed by atoms with Gasteiger partial charge in [0.25, 0.3) is 0 Å². The highest BCUT2D eigenvalue weighted by Crippen LogP contribution is 2.39. The molecular weight excluding hydrogens is 496 g/mol. The number of rotatable bonds is 7. The van der Waals surface area contributed by atoms with Crippen LogP contribution in [0, 0.1) is 24.7 Å². The lowest BCUT2D eigenvalue weighted by Crippen LogP contribution is -2.39. The van der Waals surface area contributed by atoms with Gasteiger partial charge in [0.15, 0.2) is 0 Å². The van der Waals surface area contributed by atoms with E-state index in [1.54, 1.807) is 6.20 Å². The van der Waals surface area contributed by atoms with Gasteiger partial charge >= 0.3 is 0 Å². The van der Waals surface area contributed by atoms with Crippen molar-refractivity contribution in [3.63, 3.8) is 0 Å². The molecule has 1 amide bonds. The van der Waals surface area contributed by atoms with Crippen molar-refractivity contribution in [2.24, 2.45) is 22.7 Å². The minimum atomic E-state index is -0.0135. The third kappa shape index (κ3) is 5.97. The highest BCUT2D eigenvalue weighted by atomic mass is 35.5. The molecule has 2 aromatic rings. The number of benzene rings is 1. The summed E-state index contributed by atoms with van der Waals surface area (Å²) in [4.78, 5) is 27.8. The van der Waals surface area contributed by atoms with Crippen molar-refractivity contribution in [1.82, 2.24) is 9.88 Å². The number of aryl methyl sites for hydroxylation is 2. The average Bonchev–Trinajstić information content (AvgIpc) is 3.63. The molecule has 0 bridgehead atoms. The van der Waals surface area contributed by atoms with E-state index in [2.05, 4.69) is 42.9 Å². The van der Waals surface area contributed by atoms with Gasteiger partial charge < -0.3 is 14.5 Å². The molecule has 38 heavy (non-hydrogen) atoms. The second-order valence-corrected chi connectivity index (χ2v) is 11.7. The molecule has 7 heteroatoms. The fraction of sp³-hybridized carbons (Fsp3) is 0.516. The van der Waals surface area contributed by atoms with Crippen LogP contribution in [-0.2, 0) is 16.0 Å². The number of aromatic nitrogens is 1. The van der Waals surface area contributed by atoms with Gasteiger partial charge in [-0.2, -0.15) is 0 Å². The van der Waals surface area contributed by atoms with E-state index in [-0.39, 0.29) is 11.8 Å². The molecule has 2 unspecified atom stereocenters. The van der Waals surface area contributed by atoms with Gasteiger partial charge in [0, 0.05) is 48.8 Å². The fourth-order valence-electron chi connectivity index (χ4n) is 5.61. The van der Waals surface area contributed by atoms with Gasteiger partial charge in [0.2, 0.25) is 5.91 Å². The van der Waals surface area contributed by atoms with Gasteiger partial charge in [0.05, 0.1) is 30.7 Å². The number of hydrogen-bond donors (Lipinski definition) is 0. The molecule has 2 aliphatic heterocycles. The summed E-state index contributed by atoms with van der Waals surface area (Å²) in [6, 6.07) is 8.10. The molecule has 6 nitrogen and oxygen atoms in total. The molecule has 1 saturated heterocycles. The Morgan fingerprint density at radius 3 is 2.71 bits per heavy atom. The normalized spacial score (nSPS) is 20.3. The van der Waals surface area contributed by atoms with E-state index < -0.39 is 0 Å². The van der Waals surface area contributed by atoms with Crippen molar-refractivity contribution in [2.75, 3.05) is 38.3 Å². The number of pyridine rings is 1. The number of hydrogen-bond acceptors (Lipinski definition) is 5. The number of allylic oxidation sites excluding steroid dienone is 1. The molecular formula is C31H39ClN4O2. The van der Waals surface area contributed by atoms with Gasteiger partial charge in [-0.25, -0.2) is 4.99 Å². The van der Waals surface area contributed by atoms with Gasteiger partial charge in [-0.3, -0.25) is 9.78 Å². The zero-order valence-electron chi connectivity index (χ0n) is 23.0. The van der Waals surface area contributed by atoms with Crippen LogP contribution in [0.2, 0.25) is 5.02 Å². The predicted molar refractivity (Wildman–Crippen MR) is 154 cm³/mol. The quantitative estimate of drug-likeness (QED) is 0.433. The largest absolute Gasteiger partial charge is 0.381 e. The molecule has 2 fully saturated rings. The van der Waals surface area contributed by atoms with Crippen LogP contribution >= 0.6 is 11.6 Å². The summed E-state index contributed by atoms with van der Waals surface area (Å²) in [5.41, 5.74) is 6.39. The van der Waals surface area contributed by atoms with Crippen molar-refractivity contribution < 1.29 is 9.53 Å². The lowest BCUT2D eigenvalue weighted by molar-refractivity contribution is -0.122. The minimum absolute atomic E-state index is 0.0135. The third-order valence-corrected chi connectivity index (χ3v) is 8.56. The number of ether oxygens (including phenoxy) is 1. The summed E-state index contributed by atoms with van der Waals surface area (Å²) in [5.74, 6) is 2.03. The highest BCUT2D eigenvalue weighted by Gasteiger charge is 2.36. The summed E-state index contributed by atoms with van der Waals surface area (Å²) in [5, 5.41) is 0.746. The molecule has 0 spiro atoms. The average molecular weight is 535 g/mol.